The van der Waals surface area contributed by atoms with Crippen LogP contribution in [0.15, 0.2) is 54.6 Å². The summed E-state index contributed by atoms with van der Waals surface area (Å²) >= 11 is -2.66. The van der Waals surface area contributed by atoms with Crippen molar-refractivity contribution in [3.05, 3.63) is 82.4 Å². The van der Waals surface area contributed by atoms with Crippen molar-refractivity contribution < 1.29 is 18.0 Å². The first-order valence-corrected chi connectivity index (χ1v) is 12.2. The van der Waals surface area contributed by atoms with E-state index < -0.39 is 13.8 Å². The summed E-state index contributed by atoms with van der Waals surface area (Å²) in [5, 5.41) is 0. The van der Waals surface area contributed by atoms with Gasteiger partial charge in [-0.3, -0.25) is 0 Å². The second-order valence-corrected chi connectivity index (χ2v) is 10.4. The van der Waals surface area contributed by atoms with Crippen LogP contribution < -0.4 is 18.4 Å². The zero-order chi connectivity index (χ0) is 21.7. The molecule has 3 rings (SSSR count). The summed E-state index contributed by atoms with van der Waals surface area (Å²) in [6.07, 6.45) is 0. The van der Waals surface area contributed by atoms with Crippen LogP contribution in [0.5, 0.6) is 11.5 Å². The third-order valence-electron chi connectivity index (χ3n) is 4.72. The van der Waals surface area contributed by atoms with Crippen LogP contribution in [-0.2, 0) is 15.2 Å². The number of aryl methyl sites for hydroxylation is 4. The Morgan fingerprint density at radius 3 is 1.83 bits per heavy atom. The second-order valence-electron chi connectivity index (χ2n) is 7.41. The fraction of sp³-hybridized carbons (Fsp3) is 0.280. The average molecular weight is 471 g/mol. The topological polar surface area (TPSA) is 44.8 Å². The third-order valence-corrected chi connectivity index (χ3v) is 7.67. The van der Waals surface area contributed by atoms with Crippen LogP contribution >= 0.6 is 0 Å². The molecule has 3 aromatic carbocycles. The number of ether oxygens (including phenoxy) is 3. The van der Waals surface area contributed by atoms with Crippen molar-refractivity contribution in [1.82, 2.24) is 0 Å². The molecule has 0 fully saturated rings. The van der Waals surface area contributed by atoms with Crippen LogP contribution in [0.25, 0.3) is 0 Å². The zero-order valence-corrected chi connectivity index (χ0v) is 19.9. The second kappa shape index (κ2) is 10.0. The first kappa shape index (κ1) is 22.2. The number of hydrogen-bond acceptors (Lipinski definition) is 4. The molecule has 0 N–H and O–H groups in total. The quantitative estimate of drug-likeness (QED) is 0.368. The Bertz CT molecular complexity index is 1040. The van der Waals surface area contributed by atoms with Crippen molar-refractivity contribution in [3.63, 3.8) is 0 Å². The van der Waals surface area contributed by atoms with Gasteiger partial charge in [0.05, 0.1) is 0 Å². The van der Waals surface area contributed by atoms with Crippen molar-refractivity contribution in [2.24, 2.45) is 0 Å². The molecule has 0 heterocycles. The fourth-order valence-corrected chi connectivity index (χ4v) is 6.80. The molecule has 0 aliphatic carbocycles. The van der Waals surface area contributed by atoms with Crippen LogP contribution in [0.2, 0.25) is 0 Å². The normalized spacial score (nSPS) is 11.9. The van der Waals surface area contributed by atoms with Gasteiger partial charge in [-0.25, -0.2) is 0 Å². The number of methoxy groups -OCH3 is 1. The van der Waals surface area contributed by atoms with E-state index in [1.807, 2.05) is 76.2 Å². The van der Waals surface area contributed by atoms with Crippen molar-refractivity contribution in [2.75, 3.05) is 13.9 Å². The van der Waals surface area contributed by atoms with Crippen LogP contribution in [0, 0.1) is 27.7 Å². The van der Waals surface area contributed by atoms with Crippen molar-refractivity contribution in [2.45, 2.75) is 34.3 Å². The molecule has 30 heavy (non-hydrogen) atoms. The predicted octanol–water partition coefficient (Wildman–Crippen LogP) is 4.02. The van der Waals surface area contributed by atoms with E-state index in [0.29, 0.717) is 18.1 Å². The molecule has 0 aliphatic rings. The first-order valence-electron chi connectivity index (χ1n) is 9.83. The van der Waals surface area contributed by atoms with Crippen molar-refractivity contribution in [1.29, 1.82) is 0 Å². The van der Waals surface area contributed by atoms with Gasteiger partial charge in [-0.15, -0.1) is 0 Å². The van der Waals surface area contributed by atoms with E-state index in [4.69, 9.17) is 14.2 Å². The van der Waals surface area contributed by atoms with Crippen molar-refractivity contribution in [3.8, 4) is 11.5 Å². The summed E-state index contributed by atoms with van der Waals surface area (Å²) in [6, 6.07) is 18.0. The summed E-state index contributed by atoms with van der Waals surface area (Å²) in [5.41, 5.74) is 5.11. The molecule has 5 heteroatoms. The SMILES string of the molecule is COCOc1c(C)cc(C)cc1[Se](=O)c1cc(C)cc(C)c1OCc1ccccc1. The zero-order valence-electron chi connectivity index (χ0n) is 18.2. The molecule has 0 saturated heterocycles. The average Bonchev–Trinajstić information content (AvgIpc) is 2.71. The molecular weight excluding hydrogens is 443 g/mol. The third kappa shape index (κ3) is 5.17. The molecule has 0 aromatic heterocycles. The van der Waals surface area contributed by atoms with Gasteiger partial charge in [0, 0.05) is 0 Å². The van der Waals surface area contributed by atoms with Gasteiger partial charge >= 0.3 is 183 Å². The van der Waals surface area contributed by atoms with E-state index in [-0.39, 0.29) is 6.79 Å². The van der Waals surface area contributed by atoms with E-state index in [1.54, 1.807) is 7.11 Å². The van der Waals surface area contributed by atoms with Crippen LogP contribution in [-0.4, -0.2) is 27.7 Å². The molecule has 1 atom stereocenters. The van der Waals surface area contributed by atoms with Gasteiger partial charge in [0.15, 0.2) is 0 Å². The number of rotatable bonds is 8. The number of benzene rings is 3. The Balaban J connectivity index is 2.04. The first-order chi connectivity index (χ1) is 14.4. The van der Waals surface area contributed by atoms with E-state index >= 15 is 0 Å². The maximum atomic E-state index is 13.9. The summed E-state index contributed by atoms with van der Waals surface area (Å²) in [6.45, 7) is 8.52. The van der Waals surface area contributed by atoms with Crippen molar-refractivity contribution >= 4 is 22.8 Å². The van der Waals surface area contributed by atoms with Gasteiger partial charge in [0.25, 0.3) is 0 Å². The van der Waals surface area contributed by atoms with E-state index in [1.165, 1.54) is 0 Å². The molecule has 1 unspecified atom stereocenters. The molecule has 0 saturated carbocycles. The Hall–Kier alpha value is -2.46. The van der Waals surface area contributed by atoms with Gasteiger partial charge in [0.1, 0.15) is 0 Å². The minimum absolute atomic E-state index is 0.111. The standard InChI is InChI=1S/C25H28O4Se/c1-17-11-19(3)24(28-15-21-9-7-6-8-10-21)22(13-17)30(26)23-14-18(2)12-20(4)25(23)29-16-27-5/h6-14H,15-16H2,1-5H3. The summed E-state index contributed by atoms with van der Waals surface area (Å²) in [5.74, 6) is 1.33. The Kier molecular flexibility index (Phi) is 7.43. The van der Waals surface area contributed by atoms with Gasteiger partial charge in [0.2, 0.25) is 0 Å². The van der Waals surface area contributed by atoms with Gasteiger partial charge in [-0.05, 0) is 0 Å². The predicted molar refractivity (Wildman–Crippen MR) is 121 cm³/mol. The summed E-state index contributed by atoms with van der Waals surface area (Å²) in [7, 11) is 1.58. The molecule has 0 spiro atoms. The van der Waals surface area contributed by atoms with Crippen LogP contribution in [0.4, 0.5) is 0 Å². The molecule has 158 valence electrons. The van der Waals surface area contributed by atoms with E-state index in [0.717, 1.165) is 36.7 Å². The molecule has 0 amide bonds. The van der Waals surface area contributed by atoms with E-state index in [9.17, 15) is 3.83 Å². The van der Waals surface area contributed by atoms with Crippen LogP contribution in [0.3, 0.4) is 0 Å². The Morgan fingerprint density at radius 2 is 1.30 bits per heavy atom. The molecule has 4 nitrogen and oxygen atoms in total. The minimum atomic E-state index is -2.66. The Morgan fingerprint density at radius 1 is 0.767 bits per heavy atom. The molecular formula is C25H28O4Se. The van der Waals surface area contributed by atoms with Gasteiger partial charge < -0.3 is 0 Å². The fourth-order valence-electron chi connectivity index (χ4n) is 3.44. The molecule has 0 aliphatic heterocycles. The van der Waals surface area contributed by atoms with Gasteiger partial charge in [-0.1, -0.05) is 0 Å². The summed E-state index contributed by atoms with van der Waals surface area (Å²) < 4.78 is 32.4. The molecule has 3 aromatic rings. The monoisotopic (exact) mass is 472 g/mol. The van der Waals surface area contributed by atoms with Crippen LogP contribution in [0.1, 0.15) is 27.8 Å². The molecule has 0 bridgehead atoms. The maximum absolute atomic E-state index is 13.9. The van der Waals surface area contributed by atoms with Gasteiger partial charge in [-0.2, -0.15) is 0 Å². The van der Waals surface area contributed by atoms with E-state index in [2.05, 4.69) is 6.07 Å². The number of hydrogen-bond donors (Lipinski definition) is 0. The Labute approximate surface area is 182 Å². The molecule has 0 radical (unpaired) electrons. The summed E-state index contributed by atoms with van der Waals surface area (Å²) in [4.78, 5) is 0.